The molecule has 2 aromatic heterocycles. The summed E-state index contributed by atoms with van der Waals surface area (Å²) in [4.78, 5) is 11.9. The molecule has 0 unspecified atom stereocenters. The number of fused-ring (bicyclic) bond motifs is 1. The molecule has 29 heavy (non-hydrogen) atoms. The second kappa shape index (κ2) is 7.47. The number of primary sulfonamides is 1. The standard InChI is InChI=1S/C19H19N5O3S2/c1-11(2)27-18-6-4-13(29(20,25)26)8-16(18)23-19-24-17(9-28-19)12-3-5-14-15(7-12)22-10-21-14/h3-11H,1-2H3,(H,21,22)(H,23,24)(H2,20,25,26). The van der Waals surface area contributed by atoms with Crippen LogP contribution in [-0.2, 0) is 10.0 Å². The first-order valence-corrected chi connectivity index (χ1v) is 11.2. The zero-order chi connectivity index (χ0) is 20.6. The Balaban J connectivity index is 1.66. The number of anilines is 2. The fourth-order valence-electron chi connectivity index (χ4n) is 2.81. The summed E-state index contributed by atoms with van der Waals surface area (Å²) in [6.45, 7) is 3.79. The van der Waals surface area contributed by atoms with E-state index in [1.165, 1.54) is 23.5 Å². The van der Waals surface area contributed by atoms with Gasteiger partial charge in [-0.2, -0.15) is 0 Å². The molecule has 0 aliphatic rings. The number of imidazole rings is 1. The van der Waals surface area contributed by atoms with Crippen LogP contribution in [0.2, 0.25) is 0 Å². The van der Waals surface area contributed by atoms with E-state index >= 15 is 0 Å². The number of nitrogens with one attached hydrogen (secondary N) is 2. The molecular formula is C19H19N5O3S2. The third-order valence-corrected chi connectivity index (χ3v) is 5.77. The van der Waals surface area contributed by atoms with Crippen LogP contribution in [0, 0.1) is 0 Å². The van der Waals surface area contributed by atoms with Crippen LogP contribution in [-0.4, -0.2) is 29.5 Å². The van der Waals surface area contributed by atoms with E-state index in [0.717, 1.165) is 22.3 Å². The number of nitrogens with zero attached hydrogens (tertiary/aromatic N) is 2. The van der Waals surface area contributed by atoms with E-state index < -0.39 is 10.0 Å². The topological polar surface area (TPSA) is 123 Å². The van der Waals surface area contributed by atoms with Crippen molar-refractivity contribution in [2.45, 2.75) is 24.8 Å². The number of nitrogens with two attached hydrogens (primary N) is 1. The molecule has 10 heteroatoms. The number of aromatic amines is 1. The van der Waals surface area contributed by atoms with E-state index in [1.807, 2.05) is 37.4 Å². The maximum Gasteiger partial charge on any atom is 0.238 e. The molecule has 2 aromatic carbocycles. The van der Waals surface area contributed by atoms with Gasteiger partial charge in [0, 0.05) is 10.9 Å². The maximum atomic E-state index is 11.7. The molecule has 0 saturated carbocycles. The normalized spacial score (nSPS) is 11.9. The number of sulfonamides is 1. The Bertz CT molecular complexity index is 1280. The van der Waals surface area contributed by atoms with Gasteiger partial charge in [-0.1, -0.05) is 6.07 Å². The first kappa shape index (κ1) is 19.4. The van der Waals surface area contributed by atoms with Gasteiger partial charge < -0.3 is 15.0 Å². The van der Waals surface area contributed by atoms with Gasteiger partial charge in [-0.3, -0.25) is 0 Å². The van der Waals surface area contributed by atoms with Crippen LogP contribution in [0.1, 0.15) is 13.8 Å². The van der Waals surface area contributed by atoms with Gasteiger partial charge in [-0.05, 0) is 44.2 Å². The fourth-order valence-corrected chi connectivity index (χ4v) is 4.08. The summed E-state index contributed by atoms with van der Waals surface area (Å²) in [5.41, 5.74) is 4.02. The first-order chi connectivity index (χ1) is 13.8. The largest absolute Gasteiger partial charge is 0.489 e. The molecule has 0 amide bonds. The molecule has 4 N–H and O–H groups in total. The number of H-pyrrole nitrogens is 1. The van der Waals surface area contributed by atoms with Crippen LogP contribution in [0.4, 0.5) is 10.8 Å². The van der Waals surface area contributed by atoms with Crippen molar-refractivity contribution in [3.05, 3.63) is 48.1 Å². The molecule has 0 atom stereocenters. The molecule has 150 valence electrons. The summed E-state index contributed by atoms with van der Waals surface area (Å²) >= 11 is 1.40. The van der Waals surface area contributed by atoms with Crippen LogP contribution in [0.3, 0.4) is 0 Å². The second-order valence-electron chi connectivity index (χ2n) is 6.67. The van der Waals surface area contributed by atoms with Gasteiger partial charge in [0.2, 0.25) is 10.0 Å². The molecule has 0 fully saturated rings. The minimum atomic E-state index is -3.84. The van der Waals surface area contributed by atoms with Crippen molar-refractivity contribution >= 4 is 43.2 Å². The van der Waals surface area contributed by atoms with Gasteiger partial charge >= 0.3 is 0 Å². The lowest BCUT2D eigenvalue weighted by Crippen LogP contribution is -2.13. The van der Waals surface area contributed by atoms with Crippen LogP contribution in [0.5, 0.6) is 5.75 Å². The molecule has 2 heterocycles. The Morgan fingerprint density at radius 3 is 2.79 bits per heavy atom. The molecule has 0 radical (unpaired) electrons. The highest BCUT2D eigenvalue weighted by atomic mass is 32.2. The molecule has 4 aromatic rings. The number of ether oxygens (including phenoxy) is 1. The Labute approximate surface area is 171 Å². The summed E-state index contributed by atoms with van der Waals surface area (Å²) in [5, 5.41) is 10.9. The van der Waals surface area contributed by atoms with Gasteiger partial charge in [-0.25, -0.2) is 23.5 Å². The highest BCUT2D eigenvalue weighted by molar-refractivity contribution is 7.89. The summed E-state index contributed by atoms with van der Waals surface area (Å²) in [7, 11) is -3.84. The SMILES string of the molecule is CC(C)Oc1ccc(S(N)(=O)=O)cc1Nc1nc(-c2ccc3[nH]cnc3c2)cs1. The van der Waals surface area contributed by atoms with E-state index in [-0.39, 0.29) is 11.0 Å². The highest BCUT2D eigenvalue weighted by Gasteiger charge is 2.15. The van der Waals surface area contributed by atoms with Crippen LogP contribution in [0.15, 0.2) is 53.0 Å². The molecule has 0 aliphatic carbocycles. The fraction of sp³-hybridized carbons (Fsp3) is 0.158. The van der Waals surface area contributed by atoms with Crippen molar-refractivity contribution in [1.29, 1.82) is 0 Å². The lowest BCUT2D eigenvalue weighted by atomic mass is 10.1. The van der Waals surface area contributed by atoms with Crippen molar-refractivity contribution < 1.29 is 13.2 Å². The quantitative estimate of drug-likeness (QED) is 0.428. The van der Waals surface area contributed by atoms with Crippen molar-refractivity contribution in [3.8, 4) is 17.0 Å². The molecule has 0 spiro atoms. The van der Waals surface area contributed by atoms with Crippen molar-refractivity contribution in [2.24, 2.45) is 5.14 Å². The number of benzene rings is 2. The number of hydrogen-bond acceptors (Lipinski definition) is 7. The van der Waals surface area contributed by atoms with Gasteiger partial charge in [0.25, 0.3) is 0 Å². The summed E-state index contributed by atoms with van der Waals surface area (Å²) in [6, 6.07) is 10.3. The highest BCUT2D eigenvalue weighted by Crippen LogP contribution is 2.34. The Morgan fingerprint density at radius 1 is 1.21 bits per heavy atom. The van der Waals surface area contributed by atoms with Crippen molar-refractivity contribution in [3.63, 3.8) is 0 Å². The van der Waals surface area contributed by atoms with Gasteiger partial charge in [0.1, 0.15) is 5.75 Å². The van der Waals surface area contributed by atoms with E-state index in [2.05, 4.69) is 20.3 Å². The molecule has 0 aliphatic heterocycles. The smallest absolute Gasteiger partial charge is 0.238 e. The molecule has 0 saturated heterocycles. The number of hydrogen-bond donors (Lipinski definition) is 3. The summed E-state index contributed by atoms with van der Waals surface area (Å²) < 4.78 is 29.2. The first-order valence-electron chi connectivity index (χ1n) is 8.79. The molecule has 4 rings (SSSR count). The minimum absolute atomic E-state index is 0.00290. The zero-order valence-corrected chi connectivity index (χ0v) is 17.3. The minimum Gasteiger partial charge on any atom is -0.489 e. The molecular weight excluding hydrogens is 410 g/mol. The maximum absolute atomic E-state index is 11.7. The number of thiazole rings is 1. The average Bonchev–Trinajstić information content (AvgIpc) is 3.30. The van der Waals surface area contributed by atoms with E-state index in [9.17, 15) is 8.42 Å². The van der Waals surface area contributed by atoms with Gasteiger partial charge in [0.15, 0.2) is 5.13 Å². The predicted molar refractivity (Wildman–Crippen MR) is 114 cm³/mol. The third kappa shape index (κ3) is 4.24. The van der Waals surface area contributed by atoms with Crippen molar-refractivity contribution in [2.75, 3.05) is 5.32 Å². The third-order valence-electron chi connectivity index (χ3n) is 4.11. The predicted octanol–water partition coefficient (Wildman–Crippen LogP) is 3.86. The van der Waals surface area contributed by atoms with Crippen molar-refractivity contribution in [1.82, 2.24) is 15.0 Å². The Hall–Kier alpha value is -2.95. The monoisotopic (exact) mass is 429 g/mol. The van der Waals surface area contributed by atoms with E-state index in [0.29, 0.717) is 16.6 Å². The second-order valence-corrected chi connectivity index (χ2v) is 9.09. The lowest BCUT2D eigenvalue weighted by molar-refractivity contribution is 0.243. The van der Waals surface area contributed by atoms with Gasteiger partial charge in [-0.15, -0.1) is 11.3 Å². The molecule has 8 nitrogen and oxygen atoms in total. The summed E-state index contributed by atoms with van der Waals surface area (Å²) in [6.07, 6.45) is 1.57. The van der Waals surface area contributed by atoms with Crippen LogP contribution in [0.25, 0.3) is 22.3 Å². The lowest BCUT2D eigenvalue weighted by Gasteiger charge is -2.15. The van der Waals surface area contributed by atoms with E-state index in [1.54, 1.807) is 12.4 Å². The van der Waals surface area contributed by atoms with Crippen LogP contribution < -0.4 is 15.2 Å². The average molecular weight is 430 g/mol. The Kier molecular flexibility index (Phi) is 4.99. The molecule has 0 bridgehead atoms. The zero-order valence-electron chi connectivity index (χ0n) is 15.7. The van der Waals surface area contributed by atoms with Gasteiger partial charge in [0.05, 0.1) is 39.7 Å². The van der Waals surface area contributed by atoms with E-state index in [4.69, 9.17) is 9.88 Å². The number of rotatable bonds is 6. The van der Waals surface area contributed by atoms with Crippen LogP contribution >= 0.6 is 11.3 Å². The summed E-state index contributed by atoms with van der Waals surface area (Å²) in [5.74, 6) is 0.516. The Morgan fingerprint density at radius 2 is 2.03 bits per heavy atom. The number of aromatic nitrogens is 3.